The molecule has 1 unspecified atom stereocenters. The molecule has 0 radical (unpaired) electrons. The molecule has 6 nitrogen and oxygen atoms in total. The quantitative estimate of drug-likeness (QED) is 0.272. The van der Waals surface area contributed by atoms with Gasteiger partial charge in [-0.25, -0.2) is 4.79 Å². The Hall–Kier alpha value is -4.10. The molecule has 0 aliphatic heterocycles. The van der Waals surface area contributed by atoms with E-state index >= 15 is 0 Å². The second kappa shape index (κ2) is 15.6. The topological polar surface area (TPSA) is 78.5 Å². The summed E-state index contributed by atoms with van der Waals surface area (Å²) in [5.74, 6) is 0.539. The fraction of sp³-hybridized carbons (Fsp3) is 0.265. The Kier molecular flexibility index (Phi) is 11.4. The predicted molar refractivity (Wildman–Crippen MR) is 166 cm³/mol. The van der Waals surface area contributed by atoms with Crippen LogP contribution < -0.4 is 10.6 Å². The summed E-state index contributed by atoms with van der Waals surface area (Å²) >= 11 is 1.57. The maximum Gasteiger partial charge on any atom is 0.325 e. The summed E-state index contributed by atoms with van der Waals surface area (Å²) in [6.45, 7) is 2.54. The monoisotopic (exact) mass is 567 g/mol. The molecule has 0 fully saturated rings. The van der Waals surface area contributed by atoms with Crippen LogP contribution in [-0.2, 0) is 21.9 Å². The number of thioether (sulfide) groups is 1. The first kappa shape index (κ1) is 29.9. The Morgan fingerprint density at radius 3 is 2.20 bits per heavy atom. The number of urea groups is 1. The molecular formula is C34H37N3O3S. The lowest BCUT2D eigenvalue weighted by atomic mass is 9.88. The van der Waals surface area contributed by atoms with Crippen LogP contribution in [0.5, 0.6) is 0 Å². The summed E-state index contributed by atoms with van der Waals surface area (Å²) in [6, 6.07) is 28.3. The Morgan fingerprint density at radius 1 is 0.902 bits per heavy atom. The molecule has 2 atom stereocenters. The Bertz CT molecular complexity index is 1340. The number of hydrogen-bond donors (Lipinski definition) is 2. The molecule has 0 saturated heterocycles. The van der Waals surface area contributed by atoms with Crippen LogP contribution in [0.1, 0.15) is 42.4 Å². The lowest BCUT2D eigenvalue weighted by Gasteiger charge is -2.27. The molecule has 1 aliphatic rings. The fourth-order valence-corrected chi connectivity index (χ4v) is 5.66. The average Bonchev–Trinajstić information content (AvgIpc) is 3.03. The summed E-state index contributed by atoms with van der Waals surface area (Å²) in [4.78, 5) is 41.7. The molecule has 0 aromatic heterocycles. The van der Waals surface area contributed by atoms with Gasteiger partial charge in [-0.05, 0) is 29.5 Å². The standard InChI is InChI=1S/C34H37N3O3S/c1-2-21-37(33(39)30-20-12-19-29(22-30)28-17-10-5-11-18-28)34(40)36-31(25-41-24-27-15-8-4-9-16-27)32(38)35-23-26-13-6-3-7-14-26/h3-20,29,31H,2,21-25H2,1H3,(H,35,38)(H,36,40)/t29?,31-/m0/s1. The second-order valence-electron chi connectivity index (χ2n) is 9.96. The highest BCUT2D eigenvalue weighted by molar-refractivity contribution is 7.98. The van der Waals surface area contributed by atoms with Crippen molar-refractivity contribution >= 4 is 29.6 Å². The third-order valence-electron chi connectivity index (χ3n) is 6.84. The number of nitrogens with zero attached hydrogens (tertiary/aromatic N) is 1. The molecule has 2 N–H and O–H groups in total. The van der Waals surface area contributed by atoms with E-state index in [2.05, 4.69) is 16.7 Å². The van der Waals surface area contributed by atoms with Crippen LogP contribution in [-0.4, -0.2) is 41.1 Å². The molecule has 1 aliphatic carbocycles. The predicted octanol–water partition coefficient (Wildman–Crippen LogP) is 6.22. The normalized spacial score (nSPS) is 15.0. The average molecular weight is 568 g/mol. The van der Waals surface area contributed by atoms with Crippen molar-refractivity contribution in [3.8, 4) is 0 Å². The van der Waals surface area contributed by atoms with Crippen LogP contribution >= 0.6 is 11.8 Å². The van der Waals surface area contributed by atoms with E-state index in [9.17, 15) is 14.4 Å². The summed E-state index contributed by atoms with van der Waals surface area (Å²) in [5, 5.41) is 5.82. The van der Waals surface area contributed by atoms with E-state index in [0.717, 1.165) is 16.7 Å². The highest BCUT2D eigenvalue weighted by Gasteiger charge is 2.30. The molecular weight excluding hydrogens is 530 g/mol. The first-order valence-electron chi connectivity index (χ1n) is 14.0. The molecule has 0 heterocycles. The van der Waals surface area contributed by atoms with Crippen molar-refractivity contribution in [2.75, 3.05) is 12.3 Å². The summed E-state index contributed by atoms with van der Waals surface area (Å²) in [7, 11) is 0. The van der Waals surface area contributed by atoms with Gasteiger partial charge in [-0.1, -0.05) is 116 Å². The Balaban J connectivity index is 1.44. The van der Waals surface area contributed by atoms with Crippen molar-refractivity contribution in [3.05, 3.63) is 131 Å². The van der Waals surface area contributed by atoms with Crippen LogP contribution in [0.2, 0.25) is 0 Å². The third-order valence-corrected chi connectivity index (χ3v) is 7.95. The zero-order valence-electron chi connectivity index (χ0n) is 23.4. The molecule has 41 heavy (non-hydrogen) atoms. The van der Waals surface area contributed by atoms with E-state index in [-0.39, 0.29) is 24.3 Å². The molecule has 0 bridgehead atoms. The van der Waals surface area contributed by atoms with Crippen LogP contribution in [0.15, 0.2) is 115 Å². The van der Waals surface area contributed by atoms with Crippen molar-refractivity contribution in [1.82, 2.24) is 15.5 Å². The number of hydrogen-bond acceptors (Lipinski definition) is 4. The van der Waals surface area contributed by atoms with Crippen molar-refractivity contribution in [1.29, 1.82) is 0 Å². The fourth-order valence-electron chi connectivity index (χ4n) is 4.65. The van der Waals surface area contributed by atoms with Gasteiger partial charge in [-0.3, -0.25) is 14.5 Å². The summed E-state index contributed by atoms with van der Waals surface area (Å²) in [6.07, 6.45) is 6.88. The molecule has 4 rings (SSSR count). The molecule has 3 aromatic carbocycles. The van der Waals surface area contributed by atoms with Gasteiger partial charge in [0.2, 0.25) is 5.91 Å². The number of imide groups is 1. The SMILES string of the molecule is CCCN(C(=O)N[C@@H](CSCc1ccccc1)C(=O)NCc1ccccc1)C(=O)C1=CC=CC(c2ccccc2)C1. The number of allylic oxidation sites excluding steroid dienone is 3. The van der Waals surface area contributed by atoms with Crippen molar-refractivity contribution < 1.29 is 14.4 Å². The van der Waals surface area contributed by atoms with E-state index in [4.69, 9.17) is 0 Å². The van der Waals surface area contributed by atoms with Gasteiger partial charge < -0.3 is 10.6 Å². The molecule has 212 valence electrons. The minimum atomic E-state index is -0.802. The van der Waals surface area contributed by atoms with E-state index in [1.807, 2.05) is 104 Å². The molecule has 0 saturated carbocycles. The van der Waals surface area contributed by atoms with Gasteiger partial charge >= 0.3 is 6.03 Å². The number of carbonyl (C=O) groups is 3. The minimum Gasteiger partial charge on any atom is -0.350 e. The summed E-state index contributed by atoms with van der Waals surface area (Å²) < 4.78 is 0. The van der Waals surface area contributed by atoms with Crippen molar-refractivity contribution in [2.24, 2.45) is 0 Å². The highest BCUT2D eigenvalue weighted by atomic mass is 32.2. The maximum absolute atomic E-state index is 13.6. The van der Waals surface area contributed by atoms with Gasteiger partial charge in [-0.15, -0.1) is 0 Å². The molecule has 7 heteroatoms. The van der Waals surface area contributed by atoms with E-state index in [1.54, 1.807) is 17.8 Å². The maximum atomic E-state index is 13.6. The van der Waals surface area contributed by atoms with E-state index < -0.39 is 12.1 Å². The van der Waals surface area contributed by atoms with Gasteiger partial charge in [0.05, 0.1) is 0 Å². The third kappa shape index (κ3) is 8.95. The number of nitrogens with one attached hydrogen (secondary N) is 2. The van der Waals surface area contributed by atoms with Gasteiger partial charge in [0, 0.05) is 36.1 Å². The summed E-state index contributed by atoms with van der Waals surface area (Å²) in [5.41, 5.74) is 3.81. The second-order valence-corrected chi connectivity index (χ2v) is 11.0. The van der Waals surface area contributed by atoms with Gasteiger partial charge in [-0.2, -0.15) is 11.8 Å². The van der Waals surface area contributed by atoms with Gasteiger partial charge in [0.1, 0.15) is 6.04 Å². The zero-order valence-corrected chi connectivity index (χ0v) is 24.2. The first-order chi connectivity index (χ1) is 20.0. The highest BCUT2D eigenvalue weighted by Crippen LogP contribution is 2.29. The molecule has 4 amide bonds. The lowest BCUT2D eigenvalue weighted by molar-refractivity contribution is -0.125. The van der Waals surface area contributed by atoms with Crippen LogP contribution in [0.3, 0.4) is 0 Å². The largest absolute Gasteiger partial charge is 0.350 e. The number of rotatable bonds is 12. The van der Waals surface area contributed by atoms with Crippen LogP contribution in [0.25, 0.3) is 0 Å². The van der Waals surface area contributed by atoms with Gasteiger partial charge in [0.15, 0.2) is 0 Å². The zero-order chi connectivity index (χ0) is 28.9. The minimum absolute atomic E-state index is 0.0672. The molecule has 0 spiro atoms. The number of amides is 4. The number of carbonyl (C=O) groups excluding carboxylic acids is 3. The smallest absolute Gasteiger partial charge is 0.325 e. The van der Waals surface area contributed by atoms with Crippen LogP contribution in [0.4, 0.5) is 4.79 Å². The van der Waals surface area contributed by atoms with Gasteiger partial charge in [0.25, 0.3) is 5.91 Å². The lowest BCUT2D eigenvalue weighted by Crippen LogP contribution is -2.54. The van der Waals surface area contributed by atoms with Crippen molar-refractivity contribution in [2.45, 2.75) is 44.0 Å². The van der Waals surface area contributed by atoms with Crippen molar-refractivity contribution in [3.63, 3.8) is 0 Å². The molecule has 3 aromatic rings. The Labute approximate surface area is 246 Å². The van der Waals surface area contributed by atoms with E-state index in [0.29, 0.717) is 36.5 Å². The first-order valence-corrected chi connectivity index (χ1v) is 15.2. The number of benzene rings is 3. The van der Waals surface area contributed by atoms with Crippen LogP contribution in [0, 0.1) is 0 Å². The van der Waals surface area contributed by atoms with E-state index in [1.165, 1.54) is 4.90 Å². The Morgan fingerprint density at radius 2 is 1.54 bits per heavy atom.